The van der Waals surface area contributed by atoms with Crippen molar-refractivity contribution in [2.75, 3.05) is 26.4 Å². The Kier molecular flexibility index (Phi) is 4.06. The molecule has 6 heteroatoms. The van der Waals surface area contributed by atoms with E-state index in [9.17, 15) is 8.78 Å². The number of ether oxygens (including phenoxy) is 2. The topological polar surface area (TPSA) is 24.9 Å². The fourth-order valence-electron chi connectivity index (χ4n) is 6.03. The van der Waals surface area contributed by atoms with Crippen molar-refractivity contribution in [2.24, 2.45) is 5.92 Å². The Balaban J connectivity index is 1.33. The summed E-state index contributed by atoms with van der Waals surface area (Å²) in [4.78, 5) is 5.15. The van der Waals surface area contributed by atoms with Crippen molar-refractivity contribution in [1.29, 1.82) is 0 Å². The minimum Gasteiger partial charge on any atom is -0.454 e. The highest BCUT2D eigenvalue weighted by molar-refractivity contribution is 5.46. The van der Waals surface area contributed by atoms with Crippen LogP contribution < -0.4 is 9.47 Å². The first-order valence-corrected chi connectivity index (χ1v) is 10.5. The summed E-state index contributed by atoms with van der Waals surface area (Å²) in [5.74, 6) is 1.15. The SMILES string of the molecule is Fc1ccc(CN2C[C@@H](c3ccc4c(c3)OCO4)[C@@H]3[C@H]2C2CCN3CC2)cc1F. The number of rotatable bonds is 3. The van der Waals surface area contributed by atoms with Gasteiger partial charge < -0.3 is 9.47 Å². The van der Waals surface area contributed by atoms with E-state index in [-0.39, 0.29) is 6.79 Å². The molecule has 2 bridgehead atoms. The van der Waals surface area contributed by atoms with E-state index in [0.29, 0.717) is 30.5 Å². The monoisotopic (exact) mass is 398 g/mol. The van der Waals surface area contributed by atoms with Crippen molar-refractivity contribution in [3.8, 4) is 11.5 Å². The van der Waals surface area contributed by atoms with E-state index in [4.69, 9.17) is 9.47 Å². The summed E-state index contributed by atoms with van der Waals surface area (Å²) in [6.45, 7) is 4.18. The molecule has 2 aromatic rings. The van der Waals surface area contributed by atoms with Gasteiger partial charge in [-0.1, -0.05) is 12.1 Å². The zero-order valence-corrected chi connectivity index (χ0v) is 16.2. The van der Waals surface area contributed by atoms with Crippen molar-refractivity contribution in [3.63, 3.8) is 0 Å². The summed E-state index contributed by atoms with van der Waals surface area (Å²) >= 11 is 0. The lowest BCUT2D eigenvalue weighted by molar-refractivity contribution is -0.00872. The highest BCUT2D eigenvalue weighted by Crippen LogP contribution is 2.48. The van der Waals surface area contributed by atoms with E-state index < -0.39 is 11.6 Å². The van der Waals surface area contributed by atoms with Crippen LogP contribution in [0.1, 0.15) is 29.9 Å². The van der Waals surface area contributed by atoms with E-state index >= 15 is 0 Å². The summed E-state index contributed by atoms with van der Waals surface area (Å²) in [6.07, 6.45) is 2.45. The highest BCUT2D eigenvalue weighted by atomic mass is 19.2. The van der Waals surface area contributed by atoms with Gasteiger partial charge in [-0.15, -0.1) is 0 Å². The summed E-state index contributed by atoms with van der Waals surface area (Å²) in [5.41, 5.74) is 2.12. The second kappa shape index (κ2) is 6.67. The van der Waals surface area contributed by atoms with Crippen LogP contribution in [0, 0.1) is 17.6 Å². The molecule has 152 valence electrons. The minimum atomic E-state index is -0.783. The molecular weight excluding hydrogens is 374 g/mol. The Hall–Kier alpha value is -2.18. The van der Waals surface area contributed by atoms with Crippen LogP contribution in [0.25, 0.3) is 0 Å². The van der Waals surface area contributed by atoms with E-state index in [1.54, 1.807) is 6.07 Å². The van der Waals surface area contributed by atoms with Crippen LogP contribution in [0.2, 0.25) is 0 Å². The van der Waals surface area contributed by atoms with Crippen molar-refractivity contribution >= 4 is 0 Å². The summed E-state index contributed by atoms with van der Waals surface area (Å²) in [5, 5.41) is 0. The van der Waals surface area contributed by atoms with E-state index in [2.05, 4.69) is 21.9 Å². The first kappa shape index (κ1) is 17.7. The molecule has 0 aromatic heterocycles. The third kappa shape index (κ3) is 2.84. The Bertz CT molecular complexity index is 944. The van der Waals surface area contributed by atoms with Crippen LogP contribution in [0.15, 0.2) is 36.4 Å². The van der Waals surface area contributed by atoms with Gasteiger partial charge in [0.1, 0.15) is 0 Å². The quantitative estimate of drug-likeness (QED) is 0.786. The number of hydrogen-bond donors (Lipinski definition) is 0. The summed E-state index contributed by atoms with van der Waals surface area (Å²) < 4.78 is 38.3. The second-order valence-electron chi connectivity index (χ2n) is 8.75. The number of benzene rings is 2. The predicted molar refractivity (Wildman–Crippen MR) is 104 cm³/mol. The number of fused-ring (bicyclic) bond motifs is 3. The fourth-order valence-corrected chi connectivity index (χ4v) is 6.03. The van der Waals surface area contributed by atoms with Gasteiger partial charge in [-0.3, -0.25) is 9.80 Å². The average molecular weight is 398 g/mol. The molecule has 29 heavy (non-hydrogen) atoms. The summed E-state index contributed by atoms with van der Waals surface area (Å²) in [7, 11) is 0. The van der Waals surface area contributed by atoms with E-state index in [0.717, 1.165) is 36.7 Å². The maximum Gasteiger partial charge on any atom is 0.231 e. The van der Waals surface area contributed by atoms with Gasteiger partial charge in [0.2, 0.25) is 6.79 Å². The maximum absolute atomic E-state index is 13.8. The minimum absolute atomic E-state index is 0.284. The molecule has 4 fully saturated rings. The van der Waals surface area contributed by atoms with Gasteiger partial charge in [0.15, 0.2) is 23.1 Å². The van der Waals surface area contributed by atoms with Gasteiger partial charge in [0.05, 0.1) is 0 Å². The molecule has 0 N–H and O–H groups in total. The predicted octanol–water partition coefficient (Wildman–Crippen LogP) is 3.76. The van der Waals surface area contributed by atoms with Crippen LogP contribution in [0.4, 0.5) is 8.78 Å². The molecule has 0 spiro atoms. The maximum atomic E-state index is 13.8. The van der Waals surface area contributed by atoms with Crippen LogP contribution in [0.3, 0.4) is 0 Å². The van der Waals surface area contributed by atoms with Gasteiger partial charge >= 0.3 is 0 Å². The van der Waals surface area contributed by atoms with Crippen molar-refractivity contribution < 1.29 is 18.3 Å². The van der Waals surface area contributed by atoms with Gasteiger partial charge in [-0.25, -0.2) is 8.78 Å². The number of hydrogen-bond acceptors (Lipinski definition) is 4. The molecule has 0 amide bonds. The van der Waals surface area contributed by atoms with Gasteiger partial charge in [-0.05, 0) is 67.2 Å². The molecule has 5 aliphatic heterocycles. The Morgan fingerprint density at radius 1 is 0.897 bits per heavy atom. The fraction of sp³-hybridized carbons (Fsp3) is 0.478. The molecule has 3 atom stereocenters. The van der Waals surface area contributed by atoms with Crippen molar-refractivity contribution in [1.82, 2.24) is 9.80 Å². The van der Waals surface area contributed by atoms with Crippen molar-refractivity contribution in [2.45, 2.75) is 37.4 Å². The second-order valence-corrected chi connectivity index (χ2v) is 8.75. The first-order chi connectivity index (χ1) is 14.2. The zero-order valence-electron chi connectivity index (χ0n) is 16.2. The molecule has 0 unspecified atom stereocenters. The molecular formula is C23H24F2N2O2. The third-order valence-electron chi connectivity index (χ3n) is 7.29. The van der Waals surface area contributed by atoms with Crippen LogP contribution in [-0.4, -0.2) is 48.3 Å². The largest absolute Gasteiger partial charge is 0.454 e. The van der Waals surface area contributed by atoms with Crippen LogP contribution >= 0.6 is 0 Å². The third-order valence-corrected chi connectivity index (χ3v) is 7.29. The number of piperidine rings is 3. The molecule has 0 aliphatic carbocycles. The molecule has 2 aromatic carbocycles. The number of nitrogens with zero attached hydrogens (tertiary/aromatic N) is 2. The smallest absolute Gasteiger partial charge is 0.231 e. The Morgan fingerprint density at radius 3 is 2.55 bits per heavy atom. The first-order valence-electron chi connectivity index (χ1n) is 10.5. The average Bonchev–Trinajstić information content (AvgIpc) is 3.37. The highest BCUT2D eigenvalue weighted by Gasteiger charge is 2.53. The molecule has 0 radical (unpaired) electrons. The van der Waals surface area contributed by atoms with Gasteiger partial charge in [0.25, 0.3) is 0 Å². The lowest BCUT2D eigenvalue weighted by Gasteiger charge is -2.51. The molecule has 4 nitrogen and oxygen atoms in total. The zero-order chi connectivity index (χ0) is 19.5. The van der Waals surface area contributed by atoms with Crippen LogP contribution in [-0.2, 0) is 6.54 Å². The Labute approximate surface area is 169 Å². The van der Waals surface area contributed by atoms with Crippen LogP contribution in [0.5, 0.6) is 11.5 Å². The lowest BCUT2D eigenvalue weighted by atomic mass is 9.75. The number of halogens is 2. The Morgan fingerprint density at radius 2 is 1.72 bits per heavy atom. The van der Waals surface area contributed by atoms with Crippen molar-refractivity contribution in [3.05, 3.63) is 59.2 Å². The lowest BCUT2D eigenvalue weighted by Crippen LogP contribution is -2.59. The van der Waals surface area contributed by atoms with Gasteiger partial charge in [-0.2, -0.15) is 0 Å². The molecule has 5 heterocycles. The molecule has 4 saturated heterocycles. The number of likely N-dealkylation sites (tertiary alicyclic amines) is 1. The summed E-state index contributed by atoms with van der Waals surface area (Å²) in [6, 6.07) is 11.5. The van der Waals surface area contributed by atoms with E-state index in [1.165, 1.54) is 30.5 Å². The molecule has 0 saturated carbocycles. The normalized spacial score (nSPS) is 32.6. The van der Waals surface area contributed by atoms with E-state index in [1.807, 2.05) is 6.07 Å². The van der Waals surface area contributed by atoms with Gasteiger partial charge in [0, 0.05) is 31.1 Å². The standard InChI is InChI=1S/C23H24F2N2O2/c24-18-3-1-14(9-19(18)25)11-27-12-17(16-2-4-20-21(10-16)29-13-28-20)23-22(27)15-5-7-26(23)8-6-15/h1-4,9-10,15,17,22-23H,5-8,11-13H2/t17-,22+,23+/m0/s1. The molecule has 7 rings (SSSR count). The molecule has 5 aliphatic rings.